The number of hydrogen-bond acceptors (Lipinski definition) is 6. The highest BCUT2D eigenvalue weighted by Crippen LogP contribution is 2.39. The molecule has 1 unspecified atom stereocenters. The Morgan fingerprint density at radius 3 is 2.34 bits per heavy atom. The minimum absolute atomic E-state index is 0.116. The van der Waals surface area contributed by atoms with Gasteiger partial charge in [0.1, 0.15) is 23.4 Å². The molecule has 3 rings (SSSR count). The number of nitrogens with one attached hydrogen (secondary N) is 2. The van der Waals surface area contributed by atoms with Gasteiger partial charge in [0.05, 0.1) is 43.4 Å². The molecule has 1 fully saturated rings. The Morgan fingerprint density at radius 1 is 1.06 bits per heavy atom. The van der Waals surface area contributed by atoms with Gasteiger partial charge in [-0.05, 0) is 31.9 Å². The van der Waals surface area contributed by atoms with Crippen molar-refractivity contribution in [3.05, 3.63) is 47.8 Å². The molecular weight excluding hydrogens is 453 g/mol. The summed E-state index contributed by atoms with van der Waals surface area (Å²) in [6, 6.07) is 8.37. The fourth-order valence-electron chi connectivity index (χ4n) is 3.85. The second-order valence-electron chi connectivity index (χ2n) is 8.45. The first kappa shape index (κ1) is 26.3. The van der Waals surface area contributed by atoms with Crippen molar-refractivity contribution in [1.29, 1.82) is 0 Å². The maximum absolute atomic E-state index is 14.1. The average molecular weight is 488 g/mol. The fourth-order valence-corrected chi connectivity index (χ4v) is 3.85. The molecule has 9 heteroatoms. The van der Waals surface area contributed by atoms with Crippen LogP contribution < -0.4 is 25.0 Å². The van der Waals surface area contributed by atoms with Gasteiger partial charge in [0.2, 0.25) is 5.91 Å². The van der Waals surface area contributed by atoms with Gasteiger partial charge >= 0.3 is 0 Å². The number of anilines is 2. The Kier molecular flexibility index (Phi) is 9.31. The molecule has 0 bridgehead atoms. The van der Waals surface area contributed by atoms with Gasteiger partial charge in [0, 0.05) is 25.2 Å². The summed E-state index contributed by atoms with van der Waals surface area (Å²) in [7, 11) is 0. The number of rotatable bonds is 10. The van der Waals surface area contributed by atoms with Crippen molar-refractivity contribution < 1.29 is 28.2 Å². The van der Waals surface area contributed by atoms with Crippen molar-refractivity contribution >= 4 is 23.2 Å². The smallest absolute Gasteiger partial charge is 0.254 e. The molecule has 0 radical (unpaired) electrons. The van der Waals surface area contributed by atoms with Gasteiger partial charge in [-0.2, -0.15) is 0 Å². The van der Waals surface area contributed by atoms with Crippen molar-refractivity contribution in [2.45, 2.75) is 33.7 Å². The SMILES string of the molecule is CCOc1cc(N2CCOCC2)c(OCC)cc1NC(=O)C(NC(=O)c1ccccc1F)C(C)C. The van der Waals surface area contributed by atoms with Crippen LogP contribution in [-0.4, -0.2) is 57.4 Å². The predicted molar refractivity (Wildman–Crippen MR) is 133 cm³/mol. The van der Waals surface area contributed by atoms with Crippen LogP contribution in [0.1, 0.15) is 38.1 Å². The summed E-state index contributed by atoms with van der Waals surface area (Å²) in [5, 5.41) is 5.54. The molecule has 2 N–H and O–H groups in total. The van der Waals surface area contributed by atoms with Crippen LogP contribution in [0.15, 0.2) is 36.4 Å². The van der Waals surface area contributed by atoms with Crippen molar-refractivity contribution in [1.82, 2.24) is 5.32 Å². The lowest BCUT2D eigenvalue weighted by atomic mass is 10.0. The largest absolute Gasteiger partial charge is 0.492 e. The van der Waals surface area contributed by atoms with E-state index in [1.165, 1.54) is 18.2 Å². The van der Waals surface area contributed by atoms with Crippen LogP contribution in [0.3, 0.4) is 0 Å². The summed E-state index contributed by atoms with van der Waals surface area (Å²) < 4.78 is 31.3. The number of benzene rings is 2. The number of halogens is 1. The van der Waals surface area contributed by atoms with Gasteiger partial charge in [-0.1, -0.05) is 26.0 Å². The van der Waals surface area contributed by atoms with Gasteiger partial charge in [0.25, 0.3) is 5.91 Å². The number of morpholine rings is 1. The van der Waals surface area contributed by atoms with E-state index in [1.54, 1.807) is 12.1 Å². The third-order valence-corrected chi connectivity index (χ3v) is 5.62. The summed E-state index contributed by atoms with van der Waals surface area (Å²) in [4.78, 5) is 28.1. The van der Waals surface area contributed by atoms with E-state index in [2.05, 4.69) is 15.5 Å². The zero-order chi connectivity index (χ0) is 25.4. The number of carbonyl (C=O) groups excluding carboxylic acids is 2. The Morgan fingerprint density at radius 2 is 1.71 bits per heavy atom. The summed E-state index contributed by atoms with van der Waals surface area (Å²) in [5.41, 5.74) is 1.18. The first-order valence-electron chi connectivity index (χ1n) is 12.0. The normalized spacial score (nSPS) is 14.4. The minimum atomic E-state index is -0.897. The maximum atomic E-state index is 14.1. The van der Waals surface area contributed by atoms with Crippen molar-refractivity contribution in [3.8, 4) is 11.5 Å². The number of hydrogen-bond donors (Lipinski definition) is 2. The van der Waals surface area contributed by atoms with Gasteiger partial charge < -0.3 is 29.7 Å². The second kappa shape index (κ2) is 12.4. The fraction of sp³-hybridized carbons (Fsp3) is 0.462. The van der Waals surface area contributed by atoms with E-state index in [1.807, 2.05) is 33.8 Å². The molecule has 1 saturated heterocycles. The minimum Gasteiger partial charge on any atom is -0.492 e. The molecule has 2 amide bonds. The molecule has 2 aromatic rings. The van der Waals surface area contributed by atoms with E-state index < -0.39 is 23.7 Å². The first-order chi connectivity index (χ1) is 16.8. The van der Waals surface area contributed by atoms with Gasteiger partial charge in [-0.3, -0.25) is 9.59 Å². The Balaban J connectivity index is 1.87. The zero-order valence-electron chi connectivity index (χ0n) is 20.7. The predicted octanol–water partition coefficient (Wildman–Crippen LogP) is 3.85. The molecular formula is C26H34FN3O5. The monoisotopic (exact) mass is 487 g/mol. The zero-order valence-corrected chi connectivity index (χ0v) is 20.7. The van der Waals surface area contributed by atoms with Crippen LogP contribution in [0.25, 0.3) is 0 Å². The number of ether oxygens (including phenoxy) is 3. The molecule has 1 aliphatic rings. The molecule has 8 nitrogen and oxygen atoms in total. The molecule has 1 atom stereocenters. The van der Waals surface area contributed by atoms with E-state index in [0.29, 0.717) is 43.6 Å². The highest BCUT2D eigenvalue weighted by Gasteiger charge is 2.27. The molecule has 35 heavy (non-hydrogen) atoms. The lowest BCUT2D eigenvalue weighted by molar-refractivity contribution is -0.118. The molecule has 0 spiro atoms. The number of carbonyl (C=O) groups is 2. The quantitative estimate of drug-likeness (QED) is 0.529. The van der Waals surface area contributed by atoms with Crippen molar-refractivity contribution in [2.75, 3.05) is 49.7 Å². The average Bonchev–Trinajstić information content (AvgIpc) is 2.84. The topological polar surface area (TPSA) is 89.1 Å². The Bertz CT molecular complexity index is 1020. The molecule has 0 saturated carbocycles. The lowest BCUT2D eigenvalue weighted by Gasteiger charge is -2.31. The van der Waals surface area contributed by atoms with Crippen LogP contribution in [0, 0.1) is 11.7 Å². The summed E-state index contributed by atoms with van der Waals surface area (Å²) in [5.74, 6) is -0.878. The van der Waals surface area contributed by atoms with E-state index in [-0.39, 0.29) is 11.5 Å². The van der Waals surface area contributed by atoms with Crippen LogP contribution in [0.5, 0.6) is 11.5 Å². The molecule has 190 valence electrons. The van der Waals surface area contributed by atoms with Crippen molar-refractivity contribution in [2.24, 2.45) is 5.92 Å². The van der Waals surface area contributed by atoms with E-state index in [4.69, 9.17) is 14.2 Å². The van der Waals surface area contributed by atoms with Gasteiger partial charge in [-0.25, -0.2) is 4.39 Å². The summed E-state index contributed by atoms with van der Waals surface area (Å²) in [6.07, 6.45) is 0. The lowest BCUT2D eigenvalue weighted by Crippen LogP contribution is -2.47. The van der Waals surface area contributed by atoms with Crippen LogP contribution >= 0.6 is 0 Å². The van der Waals surface area contributed by atoms with Crippen LogP contribution in [0.2, 0.25) is 0 Å². The van der Waals surface area contributed by atoms with Gasteiger partial charge in [0.15, 0.2) is 0 Å². The summed E-state index contributed by atoms with van der Waals surface area (Å²) >= 11 is 0. The van der Waals surface area contributed by atoms with Crippen LogP contribution in [-0.2, 0) is 9.53 Å². The highest BCUT2D eigenvalue weighted by molar-refractivity contribution is 6.02. The molecule has 0 aliphatic carbocycles. The van der Waals surface area contributed by atoms with E-state index in [9.17, 15) is 14.0 Å². The maximum Gasteiger partial charge on any atom is 0.254 e. The molecule has 1 aliphatic heterocycles. The highest BCUT2D eigenvalue weighted by atomic mass is 19.1. The van der Waals surface area contributed by atoms with Crippen molar-refractivity contribution in [3.63, 3.8) is 0 Å². The Hall–Kier alpha value is -3.33. The van der Waals surface area contributed by atoms with E-state index >= 15 is 0 Å². The third kappa shape index (κ3) is 6.63. The Labute approximate surface area is 205 Å². The third-order valence-electron chi connectivity index (χ3n) is 5.62. The molecule has 1 heterocycles. The molecule has 2 aromatic carbocycles. The standard InChI is InChI=1S/C26H34FN3O5/c1-5-34-22-16-21(30-11-13-33-14-12-30)23(35-6-2)15-20(22)28-26(32)24(17(3)4)29-25(31)18-9-7-8-10-19(18)27/h7-10,15-17,24H,5-6,11-14H2,1-4H3,(H,28,32)(H,29,31). The number of nitrogens with zero attached hydrogens (tertiary/aromatic N) is 1. The van der Waals surface area contributed by atoms with Gasteiger partial charge in [-0.15, -0.1) is 0 Å². The number of amides is 2. The summed E-state index contributed by atoms with van der Waals surface area (Å²) in [6.45, 7) is 10.9. The second-order valence-corrected chi connectivity index (χ2v) is 8.45. The van der Waals surface area contributed by atoms with Crippen LogP contribution in [0.4, 0.5) is 15.8 Å². The first-order valence-corrected chi connectivity index (χ1v) is 12.0. The molecule has 0 aromatic heterocycles. The van der Waals surface area contributed by atoms with E-state index in [0.717, 1.165) is 18.8 Å².